The maximum Gasteiger partial charge on any atom is 0.303 e. The number of carbonyl (C=O) groups excluding carboxylic acids is 1. The zero-order valence-electron chi connectivity index (χ0n) is 17.3. The number of fused-ring (bicyclic) bond motifs is 2. The molecular formula is C24H29N3O3. The van der Waals surface area contributed by atoms with Gasteiger partial charge in [-0.1, -0.05) is 30.3 Å². The summed E-state index contributed by atoms with van der Waals surface area (Å²) in [6.45, 7) is 2.14. The van der Waals surface area contributed by atoms with Gasteiger partial charge < -0.3 is 15.3 Å². The van der Waals surface area contributed by atoms with Crippen LogP contribution in [0.1, 0.15) is 60.4 Å². The van der Waals surface area contributed by atoms with Crippen LogP contribution in [-0.2, 0) is 29.0 Å². The molecule has 3 heterocycles. The van der Waals surface area contributed by atoms with E-state index in [0.717, 1.165) is 54.9 Å². The molecule has 0 saturated heterocycles. The van der Waals surface area contributed by atoms with Crippen molar-refractivity contribution in [2.75, 3.05) is 18.4 Å². The van der Waals surface area contributed by atoms with Crippen LogP contribution in [0.3, 0.4) is 0 Å². The average molecular weight is 408 g/mol. The molecule has 1 amide bonds. The smallest absolute Gasteiger partial charge is 0.303 e. The number of nitrogens with one attached hydrogen (secondary N) is 1. The summed E-state index contributed by atoms with van der Waals surface area (Å²) >= 11 is 0. The Morgan fingerprint density at radius 2 is 2.03 bits per heavy atom. The van der Waals surface area contributed by atoms with Crippen LogP contribution >= 0.6 is 0 Å². The van der Waals surface area contributed by atoms with E-state index in [1.165, 1.54) is 5.56 Å². The second-order valence-electron chi connectivity index (χ2n) is 8.29. The number of hydrogen-bond donors (Lipinski definition) is 2. The van der Waals surface area contributed by atoms with Gasteiger partial charge in [0.05, 0.1) is 6.42 Å². The molecule has 0 fully saturated rings. The van der Waals surface area contributed by atoms with Gasteiger partial charge in [0, 0.05) is 31.7 Å². The van der Waals surface area contributed by atoms with Crippen LogP contribution in [0.2, 0.25) is 0 Å². The van der Waals surface area contributed by atoms with Crippen molar-refractivity contribution in [1.29, 1.82) is 0 Å². The van der Waals surface area contributed by atoms with Crippen LogP contribution in [0, 0.1) is 0 Å². The highest BCUT2D eigenvalue weighted by molar-refractivity contribution is 5.76. The van der Waals surface area contributed by atoms with Crippen molar-refractivity contribution >= 4 is 17.7 Å². The maximum absolute atomic E-state index is 12.9. The standard InChI is InChI=1S/C24H29N3O3/c28-22(9-3-7-20-11-10-17-6-4-13-25-24(17)26-20)27-14-12-18(15-23(29)30)21-8-2-1-5-19(21)16-27/h1-2,5,8,10-11,18H,3-4,6-7,9,12-16H2,(H,25,26)(H,29,30). The number of carboxylic acid groups (broad SMARTS) is 1. The molecule has 0 saturated carbocycles. The summed E-state index contributed by atoms with van der Waals surface area (Å²) in [6.07, 6.45) is 5.05. The monoisotopic (exact) mass is 407 g/mol. The average Bonchev–Trinajstić information content (AvgIpc) is 2.93. The number of nitrogens with zero attached hydrogens (tertiary/aromatic N) is 2. The van der Waals surface area contributed by atoms with Gasteiger partial charge in [-0.05, 0) is 60.8 Å². The normalized spacial score (nSPS) is 18.0. The molecule has 1 atom stereocenters. The first-order valence-electron chi connectivity index (χ1n) is 10.9. The molecule has 2 aromatic rings. The number of anilines is 1. The molecule has 0 bridgehead atoms. The second-order valence-corrected chi connectivity index (χ2v) is 8.29. The highest BCUT2D eigenvalue weighted by Gasteiger charge is 2.26. The largest absolute Gasteiger partial charge is 0.481 e. The van der Waals surface area contributed by atoms with Gasteiger partial charge in [-0.3, -0.25) is 9.59 Å². The number of amides is 1. The van der Waals surface area contributed by atoms with Crippen molar-refractivity contribution < 1.29 is 14.7 Å². The minimum absolute atomic E-state index is 0.0382. The summed E-state index contributed by atoms with van der Waals surface area (Å²) in [7, 11) is 0. The van der Waals surface area contributed by atoms with Crippen molar-refractivity contribution in [2.24, 2.45) is 0 Å². The van der Waals surface area contributed by atoms with Gasteiger partial charge in [0.15, 0.2) is 0 Å². The van der Waals surface area contributed by atoms with Gasteiger partial charge in [-0.25, -0.2) is 4.98 Å². The lowest BCUT2D eigenvalue weighted by molar-refractivity contribution is -0.137. The highest BCUT2D eigenvalue weighted by atomic mass is 16.4. The first-order chi connectivity index (χ1) is 14.6. The number of aromatic nitrogens is 1. The highest BCUT2D eigenvalue weighted by Crippen LogP contribution is 2.31. The van der Waals surface area contributed by atoms with Crippen LogP contribution < -0.4 is 5.32 Å². The van der Waals surface area contributed by atoms with Crippen molar-refractivity contribution in [3.63, 3.8) is 0 Å². The van der Waals surface area contributed by atoms with E-state index in [-0.39, 0.29) is 18.2 Å². The Bertz CT molecular complexity index is 928. The van der Waals surface area contributed by atoms with Gasteiger partial charge in [0.1, 0.15) is 5.82 Å². The molecule has 0 aliphatic carbocycles. The van der Waals surface area contributed by atoms with E-state index in [4.69, 9.17) is 4.98 Å². The van der Waals surface area contributed by atoms with E-state index in [1.54, 1.807) is 0 Å². The third-order valence-electron chi connectivity index (χ3n) is 6.15. The minimum Gasteiger partial charge on any atom is -0.481 e. The summed E-state index contributed by atoms with van der Waals surface area (Å²) in [6, 6.07) is 12.2. The Morgan fingerprint density at radius 1 is 1.17 bits per heavy atom. The number of pyridine rings is 1. The third kappa shape index (κ3) is 4.81. The van der Waals surface area contributed by atoms with Crippen molar-refractivity contribution in [3.05, 3.63) is 58.8 Å². The summed E-state index contributed by atoms with van der Waals surface area (Å²) < 4.78 is 0. The summed E-state index contributed by atoms with van der Waals surface area (Å²) in [5, 5.41) is 12.6. The van der Waals surface area contributed by atoms with Crippen molar-refractivity contribution in [2.45, 2.75) is 57.4 Å². The minimum atomic E-state index is -0.790. The third-order valence-corrected chi connectivity index (χ3v) is 6.15. The molecule has 4 rings (SSSR count). The molecule has 158 valence electrons. The summed E-state index contributed by atoms with van der Waals surface area (Å²) in [5.74, 6) is 0.306. The topological polar surface area (TPSA) is 82.5 Å². The fourth-order valence-electron chi connectivity index (χ4n) is 4.55. The molecule has 0 spiro atoms. The molecule has 6 nitrogen and oxygen atoms in total. The van der Waals surface area contributed by atoms with E-state index in [9.17, 15) is 14.7 Å². The predicted molar refractivity (Wildman–Crippen MR) is 115 cm³/mol. The zero-order valence-corrected chi connectivity index (χ0v) is 17.3. The number of hydrogen-bond acceptors (Lipinski definition) is 4. The molecular weight excluding hydrogens is 378 g/mol. The maximum atomic E-state index is 12.9. The van der Waals surface area contributed by atoms with Crippen LogP contribution in [0.15, 0.2) is 36.4 Å². The van der Waals surface area contributed by atoms with E-state index in [0.29, 0.717) is 25.9 Å². The number of rotatable bonds is 6. The lowest BCUT2D eigenvalue weighted by Crippen LogP contribution is -2.30. The molecule has 1 aromatic carbocycles. The van der Waals surface area contributed by atoms with Gasteiger partial charge in [0.2, 0.25) is 5.91 Å². The zero-order chi connectivity index (χ0) is 20.9. The number of benzene rings is 1. The van der Waals surface area contributed by atoms with Crippen molar-refractivity contribution in [3.8, 4) is 0 Å². The molecule has 6 heteroatoms. The van der Waals surface area contributed by atoms with E-state index in [1.807, 2.05) is 29.2 Å². The lowest BCUT2D eigenvalue weighted by Gasteiger charge is -2.21. The van der Waals surface area contributed by atoms with Crippen LogP contribution in [-0.4, -0.2) is 40.0 Å². The van der Waals surface area contributed by atoms with E-state index < -0.39 is 5.97 Å². The SMILES string of the molecule is O=C(O)CC1CCN(C(=O)CCCc2ccc3c(n2)NCCC3)Cc2ccccc21. The Kier molecular flexibility index (Phi) is 6.31. The fraction of sp³-hybridized carbons (Fsp3) is 0.458. The molecule has 0 radical (unpaired) electrons. The number of carboxylic acids is 1. The summed E-state index contributed by atoms with van der Waals surface area (Å²) in [4.78, 5) is 30.8. The molecule has 1 aromatic heterocycles. The first-order valence-corrected chi connectivity index (χ1v) is 10.9. The van der Waals surface area contributed by atoms with Crippen molar-refractivity contribution in [1.82, 2.24) is 9.88 Å². The van der Waals surface area contributed by atoms with Crippen LogP contribution in [0.25, 0.3) is 0 Å². The molecule has 30 heavy (non-hydrogen) atoms. The lowest BCUT2D eigenvalue weighted by atomic mass is 9.90. The fourth-order valence-corrected chi connectivity index (χ4v) is 4.55. The second kappa shape index (κ2) is 9.28. The Morgan fingerprint density at radius 3 is 2.90 bits per heavy atom. The first kappa shape index (κ1) is 20.4. The van der Waals surface area contributed by atoms with Crippen LogP contribution in [0.4, 0.5) is 5.82 Å². The predicted octanol–water partition coefficient (Wildman–Crippen LogP) is 3.75. The Balaban J connectivity index is 1.35. The van der Waals surface area contributed by atoms with Gasteiger partial charge in [-0.15, -0.1) is 0 Å². The van der Waals surface area contributed by atoms with Crippen LogP contribution in [0.5, 0.6) is 0 Å². The molecule has 2 N–H and O–H groups in total. The van der Waals surface area contributed by atoms with E-state index >= 15 is 0 Å². The Labute approximate surface area is 177 Å². The Hall–Kier alpha value is -2.89. The number of aliphatic carboxylic acids is 1. The number of aryl methyl sites for hydroxylation is 2. The quantitative estimate of drug-likeness (QED) is 0.762. The van der Waals surface area contributed by atoms with Gasteiger partial charge in [0.25, 0.3) is 0 Å². The molecule has 1 unspecified atom stereocenters. The molecule has 2 aliphatic rings. The molecule has 2 aliphatic heterocycles. The number of carbonyl (C=O) groups is 2. The van der Waals surface area contributed by atoms with E-state index in [2.05, 4.69) is 17.4 Å². The summed E-state index contributed by atoms with van der Waals surface area (Å²) in [5.41, 5.74) is 4.44. The van der Waals surface area contributed by atoms with Gasteiger partial charge >= 0.3 is 5.97 Å². The van der Waals surface area contributed by atoms with Gasteiger partial charge in [-0.2, -0.15) is 0 Å².